The molecular weight excluding hydrogens is 346 g/mol. The summed E-state index contributed by atoms with van der Waals surface area (Å²) in [4.78, 5) is 1.91. The lowest BCUT2D eigenvalue weighted by Crippen LogP contribution is -2.36. The van der Waals surface area contributed by atoms with Gasteiger partial charge in [-0.05, 0) is 40.8 Å². The van der Waals surface area contributed by atoms with Crippen molar-refractivity contribution in [3.8, 4) is 0 Å². The molecular formula is C11H11F3INO. The van der Waals surface area contributed by atoms with Gasteiger partial charge in [-0.25, -0.2) is 0 Å². The number of benzene rings is 1. The van der Waals surface area contributed by atoms with Crippen molar-refractivity contribution in [2.45, 2.75) is 6.18 Å². The first-order valence-electron chi connectivity index (χ1n) is 5.18. The van der Waals surface area contributed by atoms with Gasteiger partial charge in [0.05, 0.1) is 18.8 Å². The number of ether oxygens (including phenoxy) is 1. The highest BCUT2D eigenvalue weighted by Gasteiger charge is 2.33. The summed E-state index contributed by atoms with van der Waals surface area (Å²) in [7, 11) is 0. The van der Waals surface area contributed by atoms with Gasteiger partial charge < -0.3 is 9.64 Å². The summed E-state index contributed by atoms with van der Waals surface area (Å²) in [5, 5.41) is 0. The third-order valence-corrected chi connectivity index (χ3v) is 3.57. The molecule has 94 valence electrons. The number of anilines is 1. The number of morpholine rings is 1. The maximum absolute atomic E-state index is 12.7. The van der Waals surface area contributed by atoms with Gasteiger partial charge in [0.15, 0.2) is 0 Å². The fourth-order valence-electron chi connectivity index (χ4n) is 1.75. The molecule has 0 saturated carbocycles. The second-order valence-corrected chi connectivity index (χ2v) is 4.92. The van der Waals surface area contributed by atoms with E-state index in [1.165, 1.54) is 12.1 Å². The Labute approximate surface area is 111 Å². The number of hydrogen-bond acceptors (Lipinski definition) is 2. The molecule has 6 heteroatoms. The molecule has 1 fully saturated rings. The molecule has 17 heavy (non-hydrogen) atoms. The van der Waals surface area contributed by atoms with Crippen molar-refractivity contribution in [3.63, 3.8) is 0 Å². The zero-order chi connectivity index (χ0) is 12.5. The van der Waals surface area contributed by atoms with E-state index >= 15 is 0 Å². The van der Waals surface area contributed by atoms with Gasteiger partial charge in [-0.3, -0.25) is 0 Å². The molecule has 0 radical (unpaired) electrons. The predicted octanol–water partition coefficient (Wildman–Crippen LogP) is 3.15. The minimum atomic E-state index is -4.29. The standard InChI is InChI=1S/C11H11F3INO/c12-11(13,14)9-7-8(1-2-10(9)15)16-3-5-17-6-4-16/h1-2,7H,3-6H2. The molecule has 0 atom stereocenters. The highest BCUT2D eigenvalue weighted by Crippen LogP contribution is 2.35. The summed E-state index contributed by atoms with van der Waals surface area (Å²) in [5.41, 5.74) is 0.0446. The van der Waals surface area contributed by atoms with Crippen LogP contribution < -0.4 is 4.90 Å². The number of hydrogen-bond donors (Lipinski definition) is 0. The lowest BCUT2D eigenvalue weighted by atomic mass is 10.1. The zero-order valence-corrected chi connectivity index (χ0v) is 11.1. The highest BCUT2D eigenvalue weighted by molar-refractivity contribution is 14.1. The molecule has 1 aliphatic heterocycles. The van der Waals surface area contributed by atoms with Gasteiger partial charge in [0, 0.05) is 22.3 Å². The van der Waals surface area contributed by atoms with Gasteiger partial charge in [0.1, 0.15) is 0 Å². The Morgan fingerprint density at radius 1 is 1.18 bits per heavy atom. The first-order chi connectivity index (χ1) is 7.98. The SMILES string of the molecule is FC(F)(F)c1cc(N2CCOCC2)ccc1I. The van der Waals surface area contributed by atoms with Crippen molar-refractivity contribution >= 4 is 28.3 Å². The van der Waals surface area contributed by atoms with E-state index < -0.39 is 11.7 Å². The molecule has 2 nitrogen and oxygen atoms in total. The molecule has 0 amide bonds. The zero-order valence-electron chi connectivity index (χ0n) is 8.93. The topological polar surface area (TPSA) is 12.5 Å². The molecule has 1 saturated heterocycles. The van der Waals surface area contributed by atoms with Crippen molar-refractivity contribution < 1.29 is 17.9 Å². The molecule has 0 spiro atoms. The smallest absolute Gasteiger partial charge is 0.378 e. The van der Waals surface area contributed by atoms with Crippen molar-refractivity contribution in [1.29, 1.82) is 0 Å². The molecule has 2 rings (SSSR count). The van der Waals surface area contributed by atoms with Crippen molar-refractivity contribution in [3.05, 3.63) is 27.3 Å². The second-order valence-electron chi connectivity index (χ2n) is 3.76. The van der Waals surface area contributed by atoms with E-state index in [0.29, 0.717) is 32.0 Å². The summed E-state index contributed by atoms with van der Waals surface area (Å²) in [6, 6.07) is 4.45. The number of nitrogens with zero attached hydrogens (tertiary/aromatic N) is 1. The van der Waals surface area contributed by atoms with E-state index in [1.54, 1.807) is 28.7 Å². The number of alkyl halides is 3. The molecule has 0 aromatic heterocycles. The maximum atomic E-state index is 12.7. The third kappa shape index (κ3) is 3.04. The lowest BCUT2D eigenvalue weighted by Gasteiger charge is -2.29. The summed E-state index contributed by atoms with van der Waals surface area (Å²) >= 11 is 1.71. The summed E-state index contributed by atoms with van der Waals surface area (Å²) < 4.78 is 43.6. The quantitative estimate of drug-likeness (QED) is 0.716. The van der Waals surface area contributed by atoms with Crippen molar-refractivity contribution in [2.24, 2.45) is 0 Å². The molecule has 1 heterocycles. The van der Waals surface area contributed by atoms with Crippen LogP contribution in [0.25, 0.3) is 0 Å². The highest BCUT2D eigenvalue weighted by atomic mass is 127. The fraction of sp³-hybridized carbons (Fsp3) is 0.455. The number of halogens is 4. The second kappa shape index (κ2) is 5.01. The summed E-state index contributed by atoms with van der Waals surface area (Å²) in [5.74, 6) is 0. The van der Waals surface area contributed by atoms with Crippen molar-refractivity contribution in [2.75, 3.05) is 31.2 Å². The van der Waals surface area contributed by atoms with E-state index in [-0.39, 0.29) is 3.57 Å². The van der Waals surface area contributed by atoms with E-state index in [0.717, 1.165) is 0 Å². The normalized spacial score (nSPS) is 17.3. The first kappa shape index (κ1) is 12.9. The molecule has 0 bridgehead atoms. The Hall–Kier alpha value is -0.500. The van der Waals surface area contributed by atoms with Crippen LogP contribution in [0.3, 0.4) is 0 Å². The molecule has 0 aliphatic carbocycles. The lowest BCUT2D eigenvalue weighted by molar-refractivity contribution is -0.138. The monoisotopic (exact) mass is 357 g/mol. The van der Waals surface area contributed by atoms with Crippen molar-refractivity contribution in [1.82, 2.24) is 0 Å². The van der Waals surface area contributed by atoms with Gasteiger partial charge in [-0.1, -0.05) is 0 Å². The summed E-state index contributed by atoms with van der Waals surface area (Å²) in [6.07, 6.45) is -4.29. The molecule has 0 N–H and O–H groups in total. The van der Waals surface area contributed by atoms with Crippen LogP contribution in [0.15, 0.2) is 18.2 Å². The van der Waals surface area contributed by atoms with Crippen LogP contribution in [0, 0.1) is 3.57 Å². The van der Waals surface area contributed by atoms with E-state index in [9.17, 15) is 13.2 Å². The van der Waals surface area contributed by atoms with Crippen LogP contribution in [0.1, 0.15) is 5.56 Å². The van der Waals surface area contributed by atoms with Crippen LogP contribution in [-0.2, 0) is 10.9 Å². The van der Waals surface area contributed by atoms with E-state index in [2.05, 4.69) is 0 Å². The first-order valence-corrected chi connectivity index (χ1v) is 6.26. The van der Waals surface area contributed by atoms with E-state index in [4.69, 9.17) is 4.74 Å². The van der Waals surface area contributed by atoms with Crippen LogP contribution in [0.2, 0.25) is 0 Å². The van der Waals surface area contributed by atoms with Gasteiger partial charge in [0.2, 0.25) is 0 Å². The predicted molar refractivity (Wildman–Crippen MR) is 67.2 cm³/mol. The van der Waals surface area contributed by atoms with Crippen LogP contribution in [0.5, 0.6) is 0 Å². The van der Waals surface area contributed by atoms with Crippen LogP contribution >= 0.6 is 22.6 Å². The molecule has 1 aromatic rings. The minimum Gasteiger partial charge on any atom is -0.378 e. The van der Waals surface area contributed by atoms with E-state index in [1.807, 2.05) is 4.90 Å². The fourth-order valence-corrected chi connectivity index (χ4v) is 2.39. The maximum Gasteiger partial charge on any atom is 0.417 e. The Morgan fingerprint density at radius 2 is 1.82 bits per heavy atom. The average Bonchev–Trinajstić information content (AvgIpc) is 2.29. The minimum absolute atomic E-state index is 0.229. The Morgan fingerprint density at radius 3 is 2.41 bits per heavy atom. The Balaban J connectivity index is 2.30. The van der Waals surface area contributed by atoms with Crippen LogP contribution in [-0.4, -0.2) is 26.3 Å². The Bertz CT molecular complexity index is 402. The largest absolute Gasteiger partial charge is 0.417 e. The molecule has 1 aromatic carbocycles. The molecule has 1 aliphatic rings. The summed E-state index contributed by atoms with van der Waals surface area (Å²) in [6.45, 7) is 2.40. The van der Waals surface area contributed by atoms with Gasteiger partial charge in [-0.15, -0.1) is 0 Å². The van der Waals surface area contributed by atoms with Gasteiger partial charge >= 0.3 is 6.18 Å². The van der Waals surface area contributed by atoms with Gasteiger partial charge in [0.25, 0.3) is 0 Å². The van der Waals surface area contributed by atoms with Gasteiger partial charge in [-0.2, -0.15) is 13.2 Å². The molecule has 0 unspecified atom stereocenters. The van der Waals surface area contributed by atoms with Crippen LogP contribution in [0.4, 0.5) is 18.9 Å². The third-order valence-electron chi connectivity index (χ3n) is 2.63. The average molecular weight is 357 g/mol. The Kier molecular flexibility index (Phi) is 3.82. The number of rotatable bonds is 1.